The van der Waals surface area contributed by atoms with Crippen LogP contribution in [0.5, 0.6) is 5.75 Å². The molecular formula is C27H44O8. The molecule has 0 spiro atoms. The number of aliphatic hydroxyl groups excluding tert-OH is 2. The number of rotatable bonds is 7. The summed E-state index contributed by atoms with van der Waals surface area (Å²) >= 11 is 0. The van der Waals surface area contributed by atoms with Gasteiger partial charge in [0.2, 0.25) is 0 Å². The van der Waals surface area contributed by atoms with E-state index in [1.165, 1.54) is 6.92 Å². The molecule has 1 aromatic carbocycles. The molecule has 0 radical (unpaired) electrons. The Morgan fingerprint density at radius 1 is 1.06 bits per heavy atom. The van der Waals surface area contributed by atoms with Crippen molar-refractivity contribution in [3.63, 3.8) is 0 Å². The Bertz CT molecular complexity index is 997. The van der Waals surface area contributed by atoms with E-state index >= 15 is 0 Å². The highest BCUT2D eigenvalue weighted by molar-refractivity contribution is 6.20. The van der Waals surface area contributed by atoms with Crippen LogP contribution in [0, 0.1) is 23.2 Å². The van der Waals surface area contributed by atoms with E-state index in [1.54, 1.807) is 0 Å². The van der Waals surface area contributed by atoms with Gasteiger partial charge in [0.05, 0.1) is 17.7 Å². The zero-order valence-corrected chi connectivity index (χ0v) is 21.1. The van der Waals surface area contributed by atoms with E-state index in [-0.39, 0.29) is 73.4 Å². The van der Waals surface area contributed by atoms with Gasteiger partial charge in [-0.25, -0.2) is 0 Å². The summed E-state index contributed by atoms with van der Waals surface area (Å²) in [6, 6.07) is 3.83. The molecule has 0 amide bonds. The van der Waals surface area contributed by atoms with E-state index in [0.717, 1.165) is 30.4 Å². The van der Waals surface area contributed by atoms with Crippen LogP contribution in [0.4, 0.5) is 0 Å². The van der Waals surface area contributed by atoms with Crippen molar-refractivity contribution in [2.75, 3.05) is 6.61 Å². The van der Waals surface area contributed by atoms with E-state index in [1.807, 2.05) is 12.1 Å². The van der Waals surface area contributed by atoms with E-state index in [4.69, 9.17) is 0 Å². The van der Waals surface area contributed by atoms with E-state index in [9.17, 15) is 29.7 Å². The summed E-state index contributed by atoms with van der Waals surface area (Å²) in [7, 11) is 0. The number of aryl methyl sites for hydroxylation is 1. The van der Waals surface area contributed by atoms with Gasteiger partial charge in [-0.2, -0.15) is 0 Å². The lowest BCUT2D eigenvalue weighted by Gasteiger charge is -2.34. The maximum absolute atomic E-state index is 13.0. The molecule has 2 aliphatic carbocycles. The van der Waals surface area contributed by atoms with Crippen LogP contribution in [0.15, 0.2) is 23.5 Å². The first-order chi connectivity index (χ1) is 15.4. The Hall–Kier alpha value is -2.55. The SMILES string of the molecule is CC(=O)C1=C(O)C(CO)C(CC2CC(=O)c3c(ccc(CCCC(C)(C)C)c3O)C2)CC1=O.O.O.[HH].[HH]. The van der Waals surface area contributed by atoms with Crippen LogP contribution in [0.1, 0.15) is 84.1 Å². The maximum atomic E-state index is 13.0. The average molecular weight is 497 g/mol. The molecule has 0 aromatic heterocycles. The third-order valence-corrected chi connectivity index (χ3v) is 7.07. The first kappa shape index (κ1) is 30.5. The number of carbonyl (C=O) groups is 3. The van der Waals surface area contributed by atoms with Gasteiger partial charge in [-0.1, -0.05) is 32.9 Å². The van der Waals surface area contributed by atoms with Gasteiger partial charge < -0.3 is 26.3 Å². The molecule has 0 aliphatic heterocycles. The summed E-state index contributed by atoms with van der Waals surface area (Å²) in [6.07, 6.45) is 4.07. The fraction of sp³-hybridized carbons (Fsp3) is 0.593. The van der Waals surface area contributed by atoms with E-state index in [0.29, 0.717) is 18.4 Å². The highest BCUT2D eigenvalue weighted by Crippen LogP contribution is 2.41. The van der Waals surface area contributed by atoms with Crippen molar-refractivity contribution >= 4 is 17.3 Å². The molecule has 35 heavy (non-hydrogen) atoms. The Labute approximate surface area is 209 Å². The van der Waals surface area contributed by atoms with Crippen molar-refractivity contribution in [1.29, 1.82) is 0 Å². The van der Waals surface area contributed by atoms with Crippen LogP contribution in [0.25, 0.3) is 0 Å². The Kier molecular flexibility index (Phi) is 10.4. The molecule has 8 nitrogen and oxygen atoms in total. The third kappa shape index (κ3) is 6.78. The quantitative estimate of drug-likeness (QED) is 0.488. The molecule has 3 unspecified atom stereocenters. The van der Waals surface area contributed by atoms with Gasteiger partial charge in [-0.05, 0) is 67.4 Å². The second-order valence-corrected chi connectivity index (χ2v) is 10.9. The first-order valence-corrected chi connectivity index (χ1v) is 11.9. The Morgan fingerprint density at radius 2 is 1.71 bits per heavy atom. The van der Waals surface area contributed by atoms with Gasteiger partial charge in [-0.3, -0.25) is 14.4 Å². The highest BCUT2D eigenvalue weighted by atomic mass is 16.3. The molecule has 3 atom stereocenters. The molecule has 1 aromatic rings. The molecule has 2 aliphatic rings. The van der Waals surface area contributed by atoms with Gasteiger partial charge in [0.15, 0.2) is 17.3 Å². The predicted octanol–water partition coefficient (Wildman–Crippen LogP) is 3.34. The lowest BCUT2D eigenvalue weighted by atomic mass is 9.70. The van der Waals surface area contributed by atoms with Gasteiger partial charge in [0, 0.05) is 21.6 Å². The number of hydrogen-bond acceptors (Lipinski definition) is 6. The number of allylic oxidation sites excluding steroid dienone is 1. The second kappa shape index (κ2) is 11.9. The average Bonchev–Trinajstić information content (AvgIpc) is 2.68. The fourth-order valence-electron chi connectivity index (χ4n) is 5.40. The molecule has 0 saturated carbocycles. The molecule has 8 heteroatoms. The standard InChI is InChI=1S/C27H36O6.2H2O.2H2/c1-15(29)23-22(31)13-19(20(14-28)26(23)33)11-16-10-18-8-7-17(6-5-9-27(2,3)4)25(32)24(18)21(30)12-16;;;;/h7-8,16,19-20,28,32-33H,5-6,9-14H2,1-4H3;2*1H2;2*1H. The van der Waals surface area contributed by atoms with Gasteiger partial charge in [0.25, 0.3) is 0 Å². The van der Waals surface area contributed by atoms with Crippen LogP contribution in [0.3, 0.4) is 0 Å². The van der Waals surface area contributed by atoms with Crippen molar-refractivity contribution in [3.05, 3.63) is 40.2 Å². The molecule has 0 fully saturated rings. The largest absolute Gasteiger partial charge is 0.511 e. The number of fused-ring (bicyclic) bond motifs is 1. The van der Waals surface area contributed by atoms with Gasteiger partial charge >= 0.3 is 0 Å². The van der Waals surface area contributed by atoms with E-state index in [2.05, 4.69) is 20.8 Å². The zero-order valence-electron chi connectivity index (χ0n) is 21.1. The third-order valence-electron chi connectivity index (χ3n) is 7.07. The number of phenols is 1. The lowest BCUT2D eigenvalue weighted by molar-refractivity contribution is -0.123. The molecule has 0 heterocycles. The lowest BCUT2D eigenvalue weighted by Crippen LogP contribution is -2.35. The molecule has 7 N–H and O–H groups in total. The molecule has 0 bridgehead atoms. The van der Waals surface area contributed by atoms with Gasteiger partial charge in [-0.15, -0.1) is 0 Å². The van der Waals surface area contributed by atoms with Crippen LogP contribution in [-0.2, 0) is 22.4 Å². The predicted molar refractivity (Wildman–Crippen MR) is 137 cm³/mol. The van der Waals surface area contributed by atoms with Crippen molar-refractivity contribution in [2.24, 2.45) is 23.2 Å². The fourth-order valence-corrected chi connectivity index (χ4v) is 5.40. The number of benzene rings is 1. The number of aromatic hydroxyl groups is 1. The normalized spacial score (nSPS) is 22.3. The van der Waals surface area contributed by atoms with Gasteiger partial charge in [0.1, 0.15) is 11.5 Å². The number of hydrogen-bond donors (Lipinski definition) is 3. The first-order valence-electron chi connectivity index (χ1n) is 11.9. The van der Waals surface area contributed by atoms with Crippen LogP contribution in [-0.4, -0.2) is 50.2 Å². The Balaban J connectivity index is 0. The monoisotopic (exact) mass is 496 g/mol. The maximum Gasteiger partial charge on any atom is 0.170 e. The Morgan fingerprint density at radius 3 is 2.29 bits per heavy atom. The number of ketones is 3. The summed E-state index contributed by atoms with van der Waals surface area (Å²) in [5.41, 5.74) is 2.03. The van der Waals surface area contributed by atoms with Crippen molar-refractivity contribution in [2.45, 2.75) is 72.6 Å². The summed E-state index contributed by atoms with van der Waals surface area (Å²) < 4.78 is 0. The summed E-state index contributed by atoms with van der Waals surface area (Å²) in [4.78, 5) is 37.2. The van der Waals surface area contributed by atoms with Crippen LogP contribution >= 0.6 is 0 Å². The second-order valence-electron chi connectivity index (χ2n) is 10.9. The molecule has 200 valence electrons. The van der Waals surface area contributed by atoms with Crippen LogP contribution in [0.2, 0.25) is 0 Å². The minimum Gasteiger partial charge on any atom is -0.511 e. The minimum absolute atomic E-state index is 0. The summed E-state index contributed by atoms with van der Waals surface area (Å²) in [6.45, 7) is 7.42. The summed E-state index contributed by atoms with van der Waals surface area (Å²) in [5, 5.41) is 31.1. The zero-order chi connectivity index (χ0) is 24.5. The van der Waals surface area contributed by atoms with Crippen molar-refractivity contribution < 1.29 is 43.5 Å². The minimum atomic E-state index is -0.684. The number of Topliss-reactive ketones (excluding diaryl/α,β-unsaturated/α-hetero) is 3. The summed E-state index contributed by atoms with van der Waals surface area (Å²) in [5.74, 6) is -2.33. The molecule has 0 saturated heterocycles. The van der Waals surface area contributed by atoms with Crippen molar-refractivity contribution in [1.82, 2.24) is 0 Å². The topological polar surface area (TPSA) is 175 Å². The number of aliphatic hydroxyl groups is 2. The van der Waals surface area contributed by atoms with Crippen LogP contribution < -0.4 is 0 Å². The van der Waals surface area contributed by atoms with Crippen molar-refractivity contribution in [3.8, 4) is 5.75 Å². The highest BCUT2D eigenvalue weighted by Gasteiger charge is 2.40. The smallest absolute Gasteiger partial charge is 0.170 e. The number of carbonyl (C=O) groups excluding carboxylic acids is 3. The molecular weight excluding hydrogens is 452 g/mol. The molecule has 3 rings (SSSR count). The van der Waals surface area contributed by atoms with E-state index < -0.39 is 17.5 Å². The number of phenolic OH excluding ortho intramolecular Hbond substituents is 1.